The zero-order valence-electron chi connectivity index (χ0n) is 12.5. The van der Waals surface area contributed by atoms with Gasteiger partial charge in [0.15, 0.2) is 0 Å². The summed E-state index contributed by atoms with van der Waals surface area (Å²) in [6.07, 6.45) is 22.4. The maximum atomic E-state index is 3.86. The Balaban J connectivity index is 3.34. The Morgan fingerprint density at radius 2 is 1.56 bits per heavy atom. The number of rotatable bonds is 11. The van der Waals surface area contributed by atoms with Crippen LogP contribution in [-0.4, -0.2) is 0 Å². The van der Waals surface area contributed by atoms with E-state index in [9.17, 15) is 0 Å². The van der Waals surface area contributed by atoms with E-state index in [4.69, 9.17) is 0 Å². The number of hydrogen-bond acceptors (Lipinski definition) is 0. The highest BCUT2D eigenvalue weighted by atomic mass is 13.9. The summed E-state index contributed by atoms with van der Waals surface area (Å²) < 4.78 is 0. The fourth-order valence-electron chi connectivity index (χ4n) is 1.69. The second-order valence-electron chi connectivity index (χ2n) is 4.87. The van der Waals surface area contributed by atoms with Gasteiger partial charge in [-0.2, -0.15) is 0 Å². The van der Waals surface area contributed by atoms with Crippen LogP contribution in [0.4, 0.5) is 0 Å². The van der Waals surface area contributed by atoms with Crippen molar-refractivity contribution in [1.29, 1.82) is 0 Å². The van der Waals surface area contributed by atoms with Crippen LogP contribution in [0.1, 0.15) is 71.6 Å². The summed E-state index contributed by atoms with van der Waals surface area (Å²) in [6.45, 7) is 8.26. The van der Waals surface area contributed by atoms with E-state index in [0.717, 1.165) is 19.3 Å². The lowest BCUT2D eigenvalue weighted by Gasteiger charge is -1.95. The Morgan fingerprint density at radius 1 is 0.889 bits per heavy atom. The quantitative estimate of drug-likeness (QED) is 0.292. The van der Waals surface area contributed by atoms with Gasteiger partial charge in [-0.25, -0.2) is 0 Å². The lowest BCUT2D eigenvalue weighted by atomic mass is 10.1. The summed E-state index contributed by atoms with van der Waals surface area (Å²) in [7, 11) is 0. The first-order valence-electron chi connectivity index (χ1n) is 7.56. The molecule has 0 aliphatic carbocycles. The SMILES string of the molecule is [CH2]CCCCCC/C=C/C/C=C/C/C=C(\C)CC. The molecule has 0 nitrogen and oxygen atoms in total. The van der Waals surface area contributed by atoms with Gasteiger partial charge in [0.25, 0.3) is 0 Å². The monoisotopic (exact) mass is 247 g/mol. The summed E-state index contributed by atoms with van der Waals surface area (Å²) >= 11 is 0. The zero-order valence-corrected chi connectivity index (χ0v) is 12.5. The maximum Gasteiger partial charge on any atom is -0.0166 e. The molecule has 0 aromatic rings. The topological polar surface area (TPSA) is 0 Å². The molecule has 0 fully saturated rings. The Labute approximate surface area is 115 Å². The minimum absolute atomic E-state index is 1.08. The van der Waals surface area contributed by atoms with Crippen molar-refractivity contribution < 1.29 is 0 Å². The lowest BCUT2D eigenvalue weighted by Crippen LogP contribution is -1.75. The van der Waals surface area contributed by atoms with E-state index in [1.807, 2.05) is 0 Å². The predicted octanol–water partition coefficient (Wildman–Crippen LogP) is 6.41. The van der Waals surface area contributed by atoms with Gasteiger partial charge >= 0.3 is 0 Å². The average Bonchev–Trinajstić information content (AvgIpc) is 2.39. The van der Waals surface area contributed by atoms with Crippen molar-refractivity contribution in [2.24, 2.45) is 0 Å². The van der Waals surface area contributed by atoms with Crippen LogP contribution < -0.4 is 0 Å². The summed E-state index contributed by atoms with van der Waals surface area (Å²) in [5, 5.41) is 0. The molecule has 0 bridgehead atoms. The Hall–Kier alpha value is -0.780. The molecule has 0 spiro atoms. The van der Waals surface area contributed by atoms with Crippen LogP contribution in [0, 0.1) is 6.92 Å². The highest BCUT2D eigenvalue weighted by Crippen LogP contribution is 2.05. The van der Waals surface area contributed by atoms with Crippen LogP contribution in [0.15, 0.2) is 36.0 Å². The maximum absolute atomic E-state index is 3.86. The Kier molecular flexibility index (Phi) is 13.7. The van der Waals surface area contributed by atoms with E-state index < -0.39 is 0 Å². The molecule has 0 aliphatic rings. The Morgan fingerprint density at radius 3 is 2.28 bits per heavy atom. The first kappa shape index (κ1) is 17.2. The van der Waals surface area contributed by atoms with Crippen molar-refractivity contribution in [1.82, 2.24) is 0 Å². The molecular weight excluding hydrogens is 216 g/mol. The van der Waals surface area contributed by atoms with E-state index >= 15 is 0 Å². The van der Waals surface area contributed by atoms with Crippen molar-refractivity contribution in [2.45, 2.75) is 71.6 Å². The van der Waals surface area contributed by atoms with Crippen LogP contribution in [-0.2, 0) is 0 Å². The molecule has 0 saturated heterocycles. The van der Waals surface area contributed by atoms with Crippen LogP contribution in [0.2, 0.25) is 0 Å². The second kappa shape index (κ2) is 14.3. The minimum Gasteiger partial charge on any atom is -0.0882 e. The van der Waals surface area contributed by atoms with Gasteiger partial charge in [0, 0.05) is 0 Å². The normalized spacial score (nSPS) is 12.9. The van der Waals surface area contributed by atoms with Gasteiger partial charge in [0.1, 0.15) is 0 Å². The van der Waals surface area contributed by atoms with Crippen LogP contribution in [0.25, 0.3) is 0 Å². The van der Waals surface area contributed by atoms with Gasteiger partial charge in [-0.3, -0.25) is 0 Å². The van der Waals surface area contributed by atoms with Gasteiger partial charge in [-0.15, -0.1) is 0 Å². The molecule has 0 unspecified atom stereocenters. The van der Waals surface area contributed by atoms with Crippen molar-refractivity contribution in [3.63, 3.8) is 0 Å². The van der Waals surface area contributed by atoms with E-state index in [1.165, 1.54) is 44.1 Å². The standard InChI is InChI=1S/C18H31/c1-4-6-7-8-9-10-11-12-13-14-15-16-17-18(3)5-2/h11-12,14-15,17H,1,4-10,13,16H2,2-3H3/b12-11+,15-14+,18-17+. The third-order valence-electron chi connectivity index (χ3n) is 3.14. The number of unbranched alkanes of at least 4 members (excludes halogenated alkanes) is 5. The smallest absolute Gasteiger partial charge is 0.0166 e. The summed E-state index contributed by atoms with van der Waals surface area (Å²) in [5.41, 5.74) is 1.48. The molecule has 0 amide bonds. The second-order valence-corrected chi connectivity index (χ2v) is 4.87. The van der Waals surface area contributed by atoms with Crippen LogP contribution in [0.5, 0.6) is 0 Å². The minimum atomic E-state index is 1.08. The zero-order chi connectivity index (χ0) is 13.5. The third kappa shape index (κ3) is 13.3. The fraction of sp³-hybridized carbons (Fsp3) is 0.611. The lowest BCUT2D eigenvalue weighted by molar-refractivity contribution is 0.651. The van der Waals surface area contributed by atoms with Crippen molar-refractivity contribution in [3.8, 4) is 0 Å². The molecule has 0 saturated carbocycles. The van der Waals surface area contributed by atoms with Crippen molar-refractivity contribution >= 4 is 0 Å². The molecular formula is C18H31. The third-order valence-corrected chi connectivity index (χ3v) is 3.14. The van der Waals surface area contributed by atoms with E-state index in [1.54, 1.807) is 0 Å². The highest BCUT2D eigenvalue weighted by molar-refractivity contribution is 5.02. The molecule has 0 aliphatic heterocycles. The Bertz CT molecular complexity index is 243. The van der Waals surface area contributed by atoms with Crippen molar-refractivity contribution in [2.75, 3.05) is 0 Å². The molecule has 18 heavy (non-hydrogen) atoms. The molecule has 0 atom stereocenters. The number of hydrogen-bond donors (Lipinski definition) is 0. The van der Waals surface area contributed by atoms with Gasteiger partial charge in [-0.05, 0) is 39.0 Å². The van der Waals surface area contributed by atoms with Crippen LogP contribution in [0.3, 0.4) is 0 Å². The highest BCUT2D eigenvalue weighted by Gasteiger charge is 1.86. The van der Waals surface area contributed by atoms with Gasteiger partial charge in [0.2, 0.25) is 0 Å². The molecule has 0 N–H and O–H groups in total. The summed E-state index contributed by atoms with van der Waals surface area (Å²) in [6, 6.07) is 0. The van der Waals surface area contributed by atoms with Gasteiger partial charge in [0.05, 0.1) is 0 Å². The molecule has 0 heteroatoms. The fourth-order valence-corrected chi connectivity index (χ4v) is 1.69. The average molecular weight is 247 g/mol. The number of allylic oxidation sites excluding steroid dienone is 6. The molecule has 0 aromatic carbocycles. The summed E-state index contributed by atoms with van der Waals surface area (Å²) in [5.74, 6) is 0. The van der Waals surface area contributed by atoms with E-state index in [0.29, 0.717) is 0 Å². The molecule has 103 valence electrons. The van der Waals surface area contributed by atoms with E-state index in [2.05, 4.69) is 51.2 Å². The molecule has 0 heterocycles. The largest absolute Gasteiger partial charge is 0.0882 e. The van der Waals surface area contributed by atoms with Gasteiger partial charge in [-0.1, -0.05) is 75.5 Å². The van der Waals surface area contributed by atoms with Crippen molar-refractivity contribution in [3.05, 3.63) is 42.9 Å². The summed E-state index contributed by atoms with van der Waals surface area (Å²) in [4.78, 5) is 0. The molecule has 0 rings (SSSR count). The van der Waals surface area contributed by atoms with Gasteiger partial charge < -0.3 is 0 Å². The molecule has 0 aromatic heterocycles. The first-order valence-corrected chi connectivity index (χ1v) is 7.56. The molecule has 1 radical (unpaired) electrons. The van der Waals surface area contributed by atoms with Crippen LogP contribution >= 0.6 is 0 Å². The predicted molar refractivity (Wildman–Crippen MR) is 84.6 cm³/mol. The van der Waals surface area contributed by atoms with E-state index in [-0.39, 0.29) is 0 Å². The first-order chi connectivity index (χ1) is 8.81.